The van der Waals surface area contributed by atoms with Crippen molar-refractivity contribution in [1.29, 1.82) is 0 Å². The fraction of sp³-hybridized carbons (Fsp3) is 0.615. The van der Waals surface area contributed by atoms with E-state index in [0.29, 0.717) is 13.1 Å². The minimum atomic E-state index is -0.125. The van der Waals surface area contributed by atoms with Crippen LogP contribution in [-0.4, -0.2) is 12.5 Å². The summed E-state index contributed by atoms with van der Waals surface area (Å²) in [5.74, 6) is -0.0996. The Morgan fingerprint density at radius 1 is 1.50 bits per heavy atom. The van der Waals surface area contributed by atoms with Gasteiger partial charge in [0.25, 0.3) is 0 Å². The van der Waals surface area contributed by atoms with Gasteiger partial charge in [-0.2, -0.15) is 0 Å². The molecule has 0 aliphatic rings. The van der Waals surface area contributed by atoms with E-state index in [0.717, 1.165) is 15.6 Å². The molecule has 5 heteroatoms. The van der Waals surface area contributed by atoms with Crippen LogP contribution in [0.15, 0.2) is 12.1 Å². The summed E-state index contributed by atoms with van der Waals surface area (Å²) in [5, 5.41) is 2.92. The Hall–Kier alpha value is -0.580. The third-order valence-electron chi connectivity index (χ3n) is 2.58. The van der Waals surface area contributed by atoms with Gasteiger partial charge in [-0.1, -0.05) is 32.4 Å². The number of hydrogen-bond acceptors (Lipinski definition) is 3. The zero-order chi connectivity index (χ0) is 13.8. The fourth-order valence-electron chi connectivity index (χ4n) is 1.79. The van der Waals surface area contributed by atoms with Crippen LogP contribution in [0, 0.1) is 11.3 Å². The molecule has 0 fully saturated rings. The van der Waals surface area contributed by atoms with Gasteiger partial charge in [0.05, 0.1) is 16.8 Å². The maximum Gasteiger partial charge on any atom is 0.224 e. The first-order valence-electron chi connectivity index (χ1n) is 6.04. The second-order valence-electron chi connectivity index (χ2n) is 5.62. The smallest absolute Gasteiger partial charge is 0.224 e. The van der Waals surface area contributed by atoms with Crippen molar-refractivity contribution >= 4 is 28.8 Å². The summed E-state index contributed by atoms with van der Waals surface area (Å²) >= 11 is 7.32. The summed E-state index contributed by atoms with van der Waals surface area (Å²) in [7, 11) is 0. The van der Waals surface area contributed by atoms with Gasteiger partial charge in [0.1, 0.15) is 0 Å². The van der Waals surface area contributed by atoms with Crippen molar-refractivity contribution in [1.82, 2.24) is 5.32 Å². The largest absolute Gasteiger partial charge is 0.351 e. The maximum absolute atomic E-state index is 12.0. The van der Waals surface area contributed by atoms with Crippen molar-refractivity contribution < 1.29 is 4.79 Å². The van der Waals surface area contributed by atoms with E-state index in [-0.39, 0.29) is 17.2 Å². The standard InChI is InChI=1S/C13H21ClN2OS/c1-13(2,3)6-9(7-15)12(17)16-8-10-4-5-11(14)18-10/h4-5,9H,6-8,15H2,1-3H3,(H,16,17). The highest BCUT2D eigenvalue weighted by molar-refractivity contribution is 7.16. The Morgan fingerprint density at radius 3 is 2.61 bits per heavy atom. The normalized spacial score (nSPS) is 13.4. The molecular formula is C13H21ClN2OS. The van der Waals surface area contributed by atoms with E-state index in [1.165, 1.54) is 11.3 Å². The lowest BCUT2D eigenvalue weighted by Gasteiger charge is -2.24. The summed E-state index contributed by atoms with van der Waals surface area (Å²) < 4.78 is 0.740. The average molecular weight is 289 g/mol. The predicted octanol–water partition coefficient (Wildman–Crippen LogP) is 3.03. The number of nitrogens with two attached hydrogens (primary N) is 1. The third-order valence-corrected chi connectivity index (χ3v) is 3.81. The number of amides is 1. The van der Waals surface area contributed by atoms with Crippen molar-refractivity contribution in [3.63, 3.8) is 0 Å². The number of thiophene rings is 1. The molecule has 0 spiro atoms. The van der Waals surface area contributed by atoms with Gasteiger partial charge in [0.15, 0.2) is 0 Å². The second kappa shape index (κ2) is 6.55. The minimum absolute atomic E-state index is 0.0250. The minimum Gasteiger partial charge on any atom is -0.351 e. The van der Waals surface area contributed by atoms with Gasteiger partial charge in [-0.3, -0.25) is 4.79 Å². The summed E-state index contributed by atoms with van der Waals surface area (Å²) in [6, 6.07) is 3.76. The number of halogens is 1. The number of carbonyl (C=O) groups is 1. The first-order valence-corrected chi connectivity index (χ1v) is 7.23. The quantitative estimate of drug-likeness (QED) is 0.875. The van der Waals surface area contributed by atoms with Crippen LogP contribution in [-0.2, 0) is 11.3 Å². The van der Waals surface area contributed by atoms with E-state index in [1.54, 1.807) is 0 Å². The highest BCUT2D eigenvalue weighted by Gasteiger charge is 2.23. The van der Waals surface area contributed by atoms with Gasteiger partial charge in [-0.05, 0) is 24.0 Å². The van der Waals surface area contributed by atoms with Crippen LogP contribution in [0.25, 0.3) is 0 Å². The Bertz CT molecular complexity index is 398. The van der Waals surface area contributed by atoms with Gasteiger partial charge in [0.2, 0.25) is 5.91 Å². The Morgan fingerprint density at radius 2 is 2.17 bits per heavy atom. The van der Waals surface area contributed by atoms with Crippen LogP contribution in [0.2, 0.25) is 4.34 Å². The Kier molecular flexibility index (Phi) is 5.63. The molecule has 1 atom stereocenters. The van der Waals surface area contributed by atoms with Gasteiger partial charge >= 0.3 is 0 Å². The van der Waals surface area contributed by atoms with Crippen LogP contribution in [0.1, 0.15) is 32.1 Å². The van der Waals surface area contributed by atoms with Crippen molar-refractivity contribution in [2.45, 2.75) is 33.7 Å². The van der Waals surface area contributed by atoms with Gasteiger partial charge in [-0.15, -0.1) is 11.3 Å². The van der Waals surface area contributed by atoms with E-state index in [2.05, 4.69) is 26.1 Å². The third kappa shape index (κ3) is 5.38. The molecule has 0 aromatic carbocycles. The van der Waals surface area contributed by atoms with E-state index >= 15 is 0 Å². The monoisotopic (exact) mass is 288 g/mol. The summed E-state index contributed by atoms with van der Waals surface area (Å²) in [6.07, 6.45) is 0.792. The van der Waals surface area contributed by atoms with E-state index < -0.39 is 0 Å². The highest BCUT2D eigenvalue weighted by Crippen LogP contribution is 2.24. The van der Waals surface area contributed by atoms with Crippen LogP contribution >= 0.6 is 22.9 Å². The molecule has 1 rings (SSSR count). The van der Waals surface area contributed by atoms with Gasteiger partial charge in [0, 0.05) is 11.4 Å². The predicted molar refractivity (Wildman–Crippen MR) is 77.8 cm³/mol. The molecule has 0 saturated carbocycles. The van der Waals surface area contributed by atoms with Crippen LogP contribution in [0.3, 0.4) is 0 Å². The second-order valence-corrected chi connectivity index (χ2v) is 7.42. The molecule has 18 heavy (non-hydrogen) atoms. The van der Waals surface area contributed by atoms with Crippen LogP contribution in [0.4, 0.5) is 0 Å². The molecule has 1 unspecified atom stereocenters. The summed E-state index contributed by atoms with van der Waals surface area (Å²) in [5.41, 5.74) is 5.78. The topological polar surface area (TPSA) is 55.1 Å². The summed E-state index contributed by atoms with van der Waals surface area (Å²) in [4.78, 5) is 13.1. The lowest BCUT2D eigenvalue weighted by Crippen LogP contribution is -2.36. The molecule has 1 heterocycles. The van der Waals surface area contributed by atoms with E-state index in [1.807, 2.05) is 12.1 Å². The maximum atomic E-state index is 12.0. The van der Waals surface area contributed by atoms with Gasteiger partial charge in [-0.25, -0.2) is 0 Å². The molecule has 3 nitrogen and oxygen atoms in total. The van der Waals surface area contributed by atoms with Crippen molar-refractivity contribution in [3.05, 3.63) is 21.3 Å². The summed E-state index contributed by atoms with van der Waals surface area (Å²) in [6.45, 7) is 7.25. The Balaban J connectivity index is 2.47. The van der Waals surface area contributed by atoms with E-state index in [9.17, 15) is 4.79 Å². The Labute approximate surface area is 118 Å². The lowest BCUT2D eigenvalue weighted by molar-refractivity contribution is -0.125. The lowest BCUT2D eigenvalue weighted by atomic mass is 9.84. The van der Waals surface area contributed by atoms with Crippen molar-refractivity contribution in [3.8, 4) is 0 Å². The van der Waals surface area contributed by atoms with Crippen LogP contribution < -0.4 is 11.1 Å². The molecule has 0 bridgehead atoms. The molecule has 0 radical (unpaired) electrons. The van der Waals surface area contributed by atoms with E-state index in [4.69, 9.17) is 17.3 Å². The molecule has 3 N–H and O–H groups in total. The van der Waals surface area contributed by atoms with Crippen molar-refractivity contribution in [2.75, 3.05) is 6.54 Å². The first-order chi connectivity index (χ1) is 8.31. The SMILES string of the molecule is CC(C)(C)CC(CN)C(=O)NCc1ccc(Cl)s1. The molecular weight excluding hydrogens is 268 g/mol. The number of hydrogen-bond donors (Lipinski definition) is 2. The molecule has 1 aromatic heterocycles. The molecule has 0 aliphatic carbocycles. The van der Waals surface area contributed by atoms with Crippen LogP contribution in [0.5, 0.6) is 0 Å². The zero-order valence-corrected chi connectivity index (χ0v) is 12.7. The zero-order valence-electron chi connectivity index (χ0n) is 11.1. The molecule has 0 saturated heterocycles. The molecule has 102 valence electrons. The highest BCUT2D eigenvalue weighted by atomic mass is 35.5. The number of carbonyl (C=O) groups excluding carboxylic acids is 1. The number of nitrogens with one attached hydrogen (secondary N) is 1. The molecule has 1 amide bonds. The fourth-order valence-corrected chi connectivity index (χ4v) is 2.81. The van der Waals surface area contributed by atoms with Crippen molar-refractivity contribution in [2.24, 2.45) is 17.1 Å². The molecule has 0 aliphatic heterocycles. The average Bonchev–Trinajstić information content (AvgIpc) is 2.67. The first kappa shape index (κ1) is 15.5. The number of rotatable bonds is 5. The molecule has 1 aromatic rings. The van der Waals surface area contributed by atoms with Gasteiger partial charge < -0.3 is 11.1 Å².